The summed E-state index contributed by atoms with van der Waals surface area (Å²) in [5.41, 5.74) is -0.271. The molecule has 1 spiro atoms. The van der Waals surface area contributed by atoms with Gasteiger partial charge in [-0.1, -0.05) is 39.0 Å². The van der Waals surface area contributed by atoms with Crippen LogP contribution in [0.2, 0.25) is 0 Å². The molecule has 0 radical (unpaired) electrons. The van der Waals surface area contributed by atoms with Gasteiger partial charge in [-0.25, -0.2) is 9.18 Å². The Balaban J connectivity index is 1.44. The van der Waals surface area contributed by atoms with Crippen molar-refractivity contribution >= 4 is 17.8 Å². The molecule has 31 heavy (non-hydrogen) atoms. The summed E-state index contributed by atoms with van der Waals surface area (Å²) < 4.78 is 14.1. The third kappa shape index (κ3) is 4.32. The Morgan fingerprint density at radius 3 is 2.39 bits per heavy atom. The van der Waals surface area contributed by atoms with Crippen LogP contribution in [0.4, 0.5) is 9.18 Å². The number of carbonyl (C=O) groups excluding carboxylic acids is 3. The molecule has 3 fully saturated rings. The van der Waals surface area contributed by atoms with Gasteiger partial charge in [0, 0.05) is 18.2 Å². The van der Waals surface area contributed by atoms with E-state index in [0.29, 0.717) is 24.3 Å². The summed E-state index contributed by atoms with van der Waals surface area (Å²) in [5.74, 6) is -0.454. The zero-order valence-electron chi connectivity index (χ0n) is 18.6. The normalized spacial score (nSPS) is 26.3. The highest BCUT2D eigenvalue weighted by Crippen LogP contribution is 2.43. The number of imide groups is 1. The molecule has 1 N–H and O–H groups in total. The molecule has 4 amide bonds. The number of urea groups is 1. The molecule has 2 saturated carbocycles. The minimum atomic E-state index is -0.880. The first-order valence-corrected chi connectivity index (χ1v) is 11.3. The molecule has 0 unspecified atom stereocenters. The molecule has 1 aromatic carbocycles. The van der Waals surface area contributed by atoms with Crippen LogP contribution < -0.4 is 5.32 Å². The third-order valence-corrected chi connectivity index (χ3v) is 7.21. The van der Waals surface area contributed by atoms with E-state index in [0.717, 1.165) is 30.6 Å². The number of nitrogens with one attached hydrogen (secondary N) is 1. The largest absolute Gasteiger partial charge is 0.334 e. The van der Waals surface area contributed by atoms with Crippen molar-refractivity contribution in [2.24, 2.45) is 11.3 Å². The van der Waals surface area contributed by atoms with Gasteiger partial charge in [-0.3, -0.25) is 14.5 Å². The molecule has 1 aliphatic heterocycles. The van der Waals surface area contributed by atoms with Gasteiger partial charge in [-0.2, -0.15) is 0 Å². The standard InChI is InChI=1S/C24H32FN3O3/c1-23(2,3)17-10-12-24(13-11-17)21(30)28(22(31)26-24)15-20(29)27(18-8-9-18)14-16-6-4-5-7-19(16)25/h4-7,17-18H,8-15H2,1-3H3,(H,26,31). The van der Waals surface area contributed by atoms with Crippen LogP contribution in [-0.4, -0.2) is 45.8 Å². The van der Waals surface area contributed by atoms with E-state index in [4.69, 9.17) is 0 Å². The smallest absolute Gasteiger partial charge is 0.325 e. The number of amides is 4. The number of halogens is 1. The summed E-state index contributed by atoms with van der Waals surface area (Å²) >= 11 is 0. The van der Waals surface area contributed by atoms with Gasteiger partial charge in [0.15, 0.2) is 0 Å². The molecule has 2 aliphatic carbocycles. The van der Waals surface area contributed by atoms with Crippen molar-refractivity contribution in [1.29, 1.82) is 0 Å². The zero-order chi connectivity index (χ0) is 22.4. The minimum absolute atomic E-state index is 0.0454. The van der Waals surface area contributed by atoms with Crippen molar-refractivity contribution in [2.45, 2.75) is 77.4 Å². The quantitative estimate of drug-likeness (QED) is 0.723. The lowest BCUT2D eigenvalue weighted by atomic mass is 9.67. The van der Waals surface area contributed by atoms with Crippen LogP contribution in [0.1, 0.15) is 64.9 Å². The third-order valence-electron chi connectivity index (χ3n) is 7.21. The maximum atomic E-state index is 14.1. The van der Waals surface area contributed by atoms with Crippen molar-refractivity contribution in [1.82, 2.24) is 15.1 Å². The second-order valence-corrected chi connectivity index (χ2v) is 10.4. The van der Waals surface area contributed by atoms with E-state index in [-0.39, 0.29) is 42.2 Å². The predicted molar refractivity (Wildman–Crippen MR) is 114 cm³/mol. The highest BCUT2D eigenvalue weighted by molar-refractivity contribution is 6.09. The molecule has 7 heteroatoms. The van der Waals surface area contributed by atoms with E-state index in [1.165, 1.54) is 6.07 Å². The van der Waals surface area contributed by atoms with Crippen molar-refractivity contribution < 1.29 is 18.8 Å². The fourth-order valence-electron chi connectivity index (χ4n) is 4.98. The molecule has 168 valence electrons. The van der Waals surface area contributed by atoms with E-state index < -0.39 is 11.6 Å². The number of benzene rings is 1. The van der Waals surface area contributed by atoms with Crippen LogP contribution in [0.3, 0.4) is 0 Å². The fourth-order valence-corrected chi connectivity index (χ4v) is 4.98. The number of nitrogens with zero attached hydrogens (tertiary/aromatic N) is 2. The van der Waals surface area contributed by atoms with Gasteiger partial charge in [0.2, 0.25) is 5.91 Å². The lowest BCUT2D eigenvalue weighted by Gasteiger charge is -2.40. The maximum absolute atomic E-state index is 14.1. The molecule has 1 saturated heterocycles. The van der Waals surface area contributed by atoms with E-state index in [2.05, 4.69) is 26.1 Å². The van der Waals surface area contributed by atoms with Crippen molar-refractivity contribution in [3.8, 4) is 0 Å². The van der Waals surface area contributed by atoms with E-state index in [1.807, 2.05) is 0 Å². The van der Waals surface area contributed by atoms with Crippen molar-refractivity contribution in [3.63, 3.8) is 0 Å². The number of hydrogen-bond acceptors (Lipinski definition) is 3. The van der Waals surface area contributed by atoms with Crippen LogP contribution in [0.25, 0.3) is 0 Å². The summed E-state index contributed by atoms with van der Waals surface area (Å²) in [6, 6.07) is 5.94. The lowest BCUT2D eigenvalue weighted by Crippen LogP contribution is -2.51. The average molecular weight is 430 g/mol. The Morgan fingerprint density at radius 1 is 1.16 bits per heavy atom. The Labute approximate surface area is 183 Å². The molecule has 0 aromatic heterocycles. The summed E-state index contributed by atoms with van der Waals surface area (Å²) in [7, 11) is 0. The van der Waals surface area contributed by atoms with Crippen molar-refractivity contribution in [3.05, 3.63) is 35.6 Å². The molecule has 6 nitrogen and oxygen atoms in total. The fraction of sp³-hybridized carbons (Fsp3) is 0.625. The first-order chi connectivity index (χ1) is 14.6. The summed E-state index contributed by atoms with van der Waals surface area (Å²) in [4.78, 5) is 41.6. The first kappa shape index (κ1) is 21.8. The van der Waals surface area contributed by atoms with Gasteiger partial charge < -0.3 is 10.2 Å². The Hall–Kier alpha value is -2.44. The Kier molecular flexibility index (Phi) is 5.56. The number of hydrogen-bond donors (Lipinski definition) is 1. The SMILES string of the molecule is CC(C)(C)C1CCC2(CC1)NC(=O)N(CC(=O)N(Cc1ccccc1F)C1CC1)C2=O. The van der Waals surface area contributed by atoms with E-state index in [9.17, 15) is 18.8 Å². The highest BCUT2D eigenvalue weighted by atomic mass is 19.1. The van der Waals surface area contributed by atoms with Crippen LogP contribution in [-0.2, 0) is 16.1 Å². The van der Waals surface area contributed by atoms with Crippen LogP contribution >= 0.6 is 0 Å². The highest BCUT2D eigenvalue weighted by Gasteiger charge is 2.54. The predicted octanol–water partition coefficient (Wildman–Crippen LogP) is 3.84. The monoisotopic (exact) mass is 429 g/mol. The summed E-state index contributed by atoms with van der Waals surface area (Å²) in [6.45, 7) is 6.48. The van der Waals surface area contributed by atoms with E-state index >= 15 is 0 Å². The van der Waals surface area contributed by atoms with Gasteiger partial charge in [-0.15, -0.1) is 0 Å². The summed E-state index contributed by atoms with van der Waals surface area (Å²) in [6.07, 6.45) is 4.67. The second kappa shape index (κ2) is 7.92. The Morgan fingerprint density at radius 2 is 1.81 bits per heavy atom. The van der Waals surface area contributed by atoms with Crippen LogP contribution in [0, 0.1) is 17.2 Å². The topological polar surface area (TPSA) is 69.7 Å². The van der Waals surface area contributed by atoms with Crippen molar-refractivity contribution in [2.75, 3.05) is 6.54 Å². The molecular formula is C24H32FN3O3. The molecule has 4 rings (SSSR count). The maximum Gasteiger partial charge on any atom is 0.325 e. The summed E-state index contributed by atoms with van der Waals surface area (Å²) in [5, 5.41) is 2.90. The zero-order valence-corrected chi connectivity index (χ0v) is 18.6. The lowest BCUT2D eigenvalue weighted by molar-refractivity contribution is -0.140. The number of rotatable bonds is 5. The molecule has 0 atom stereocenters. The molecule has 1 aromatic rings. The molecule has 1 heterocycles. The molecular weight excluding hydrogens is 397 g/mol. The first-order valence-electron chi connectivity index (χ1n) is 11.3. The van der Waals surface area contributed by atoms with E-state index in [1.54, 1.807) is 23.1 Å². The molecule has 0 bridgehead atoms. The average Bonchev–Trinajstić information content (AvgIpc) is 3.52. The Bertz CT molecular complexity index is 882. The van der Waals surface area contributed by atoms with Gasteiger partial charge in [-0.05, 0) is 55.9 Å². The van der Waals surface area contributed by atoms with Crippen LogP contribution in [0.5, 0.6) is 0 Å². The van der Waals surface area contributed by atoms with Gasteiger partial charge >= 0.3 is 6.03 Å². The molecule has 3 aliphatic rings. The van der Waals surface area contributed by atoms with Gasteiger partial charge in [0.05, 0.1) is 0 Å². The van der Waals surface area contributed by atoms with Crippen LogP contribution in [0.15, 0.2) is 24.3 Å². The van der Waals surface area contributed by atoms with Gasteiger partial charge in [0.25, 0.3) is 5.91 Å². The van der Waals surface area contributed by atoms with Gasteiger partial charge in [0.1, 0.15) is 17.9 Å². The number of carbonyl (C=O) groups is 3. The minimum Gasteiger partial charge on any atom is -0.334 e. The second-order valence-electron chi connectivity index (χ2n) is 10.4.